The van der Waals surface area contributed by atoms with Gasteiger partial charge in [0.1, 0.15) is 0 Å². The van der Waals surface area contributed by atoms with Crippen molar-refractivity contribution in [3.63, 3.8) is 0 Å². The van der Waals surface area contributed by atoms with E-state index in [2.05, 4.69) is 10.2 Å². The molecule has 0 aliphatic carbocycles. The fraction of sp³-hybridized carbons (Fsp3) is 0.368. The molecule has 138 valence electrons. The Morgan fingerprint density at radius 1 is 1.15 bits per heavy atom. The van der Waals surface area contributed by atoms with Gasteiger partial charge in [-0.3, -0.25) is 9.59 Å². The minimum Gasteiger partial charge on any atom is -0.366 e. The third kappa shape index (κ3) is 4.19. The Labute approximate surface area is 162 Å². The Morgan fingerprint density at radius 3 is 2.50 bits per heavy atom. The topological polar surface area (TPSA) is 52.7 Å². The molecule has 0 bridgehead atoms. The van der Waals surface area contributed by atoms with Gasteiger partial charge in [0.25, 0.3) is 5.91 Å². The zero-order chi connectivity index (χ0) is 18.7. The van der Waals surface area contributed by atoms with Crippen molar-refractivity contribution in [1.29, 1.82) is 0 Å². The molecule has 0 atom stereocenters. The number of piperazine rings is 1. The Morgan fingerprint density at radius 2 is 1.88 bits per heavy atom. The van der Waals surface area contributed by atoms with Gasteiger partial charge in [0, 0.05) is 37.1 Å². The van der Waals surface area contributed by atoms with Crippen LogP contribution in [0.2, 0.25) is 5.02 Å². The van der Waals surface area contributed by atoms with Gasteiger partial charge in [0.05, 0.1) is 16.3 Å². The standard InChI is InChI=1S/C19H22ClN3O2S/c1-13(2)19(25)23-9-7-22(8-10-23)16-6-5-14(20)12-15(16)21-18(24)17-4-3-11-26-17/h3-6,11-13H,7-10H2,1-2H3,(H,21,24). The number of hydrogen-bond donors (Lipinski definition) is 1. The fourth-order valence-corrected chi connectivity index (χ4v) is 3.80. The van der Waals surface area contributed by atoms with Crippen molar-refractivity contribution in [2.24, 2.45) is 5.92 Å². The number of halogens is 1. The number of amides is 2. The maximum atomic E-state index is 12.4. The summed E-state index contributed by atoms with van der Waals surface area (Å²) in [7, 11) is 0. The van der Waals surface area contributed by atoms with Gasteiger partial charge >= 0.3 is 0 Å². The molecule has 7 heteroatoms. The van der Waals surface area contributed by atoms with E-state index in [4.69, 9.17) is 11.6 Å². The lowest BCUT2D eigenvalue weighted by Crippen LogP contribution is -2.50. The van der Waals surface area contributed by atoms with Crippen molar-refractivity contribution in [2.75, 3.05) is 36.4 Å². The molecule has 26 heavy (non-hydrogen) atoms. The van der Waals surface area contributed by atoms with Gasteiger partial charge in [0.15, 0.2) is 0 Å². The lowest BCUT2D eigenvalue weighted by molar-refractivity contribution is -0.134. The number of thiophene rings is 1. The van der Waals surface area contributed by atoms with E-state index in [0.717, 1.165) is 18.8 Å². The predicted molar refractivity (Wildman–Crippen MR) is 107 cm³/mol. The van der Waals surface area contributed by atoms with Gasteiger partial charge in [0.2, 0.25) is 5.91 Å². The van der Waals surface area contributed by atoms with E-state index >= 15 is 0 Å². The molecule has 3 rings (SSSR count). The number of benzene rings is 1. The average molecular weight is 392 g/mol. The normalized spacial score (nSPS) is 14.6. The number of anilines is 2. The second kappa shape index (κ2) is 8.10. The summed E-state index contributed by atoms with van der Waals surface area (Å²) in [5.41, 5.74) is 1.62. The van der Waals surface area contributed by atoms with Crippen LogP contribution in [0, 0.1) is 5.92 Å². The molecule has 1 aromatic heterocycles. The van der Waals surface area contributed by atoms with E-state index in [1.165, 1.54) is 11.3 Å². The molecule has 1 aromatic carbocycles. The Bertz CT molecular complexity index is 784. The van der Waals surface area contributed by atoms with Crippen LogP contribution in [-0.4, -0.2) is 42.9 Å². The summed E-state index contributed by atoms with van der Waals surface area (Å²) < 4.78 is 0. The number of nitrogens with one attached hydrogen (secondary N) is 1. The van der Waals surface area contributed by atoms with E-state index in [-0.39, 0.29) is 17.7 Å². The maximum absolute atomic E-state index is 12.4. The van der Waals surface area contributed by atoms with Gasteiger partial charge < -0.3 is 15.1 Å². The van der Waals surface area contributed by atoms with E-state index < -0.39 is 0 Å². The quantitative estimate of drug-likeness (QED) is 0.858. The SMILES string of the molecule is CC(C)C(=O)N1CCN(c2ccc(Cl)cc2NC(=O)c2cccs2)CC1. The van der Waals surface area contributed by atoms with Gasteiger partial charge in [-0.05, 0) is 29.6 Å². The molecule has 2 heterocycles. The third-order valence-electron chi connectivity index (χ3n) is 4.38. The van der Waals surface area contributed by atoms with Crippen molar-refractivity contribution in [1.82, 2.24) is 4.90 Å². The van der Waals surface area contributed by atoms with Crippen molar-refractivity contribution < 1.29 is 9.59 Å². The molecule has 0 radical (unpaired) electrons. The lowest BCUT2D eigenvalue weighted by atomic mass is 10.1. The first-order valence-electron chi connectivity index (χ1n) is 8.64. The molecule has 1 fully saturated rings. The first-order valence-corrected chi connectivity index (χ1v) is 9.89. The number of rotatable bonds is 4. The third-order valence-corrected chi connectivity index (χ3v) is 5.48. The van der Waals surface area contributed by atoms with Crippen molar-refractivity contribution in [3.05, 3.63) is 45.6 Å². The van der Waals surface area contributed by atoms with Crippen LogP contribution in [0.25, 0.3) is 0 Å². The zero-order valence-corrected chi connectivity index (χ0v) is 16.4. The molecule has 1 saturated heterocycles. The van der Waals surface area contributed by atoms with E-state index in [1.807, 2.05) is 42.3 Å². The van der Waals surface area contributed by atoms with Crippen LogP contribution in [-0.2, 0) is 4.79 Å². The number of nitrogens with zero attached hydrogens (tertiary/aromatic N) is 2. The van der Waals surface area contributed by atoms with Crippen LogP contribution in [0.4, 0.5) is 11.4 Å². The van der Waals surface area contributed by atoms with Gasteiger partial charge in [-0.25, -0.2) is 0 Å². The molecule has 0 unspecified atom stereocenters. The molecule has 1 aliphatic heterocycles. The summed E-state index contributed by atoms with van der Waals surface area (Å²) in [5, 5.41) is 5.41. The monoisotopic (exact) mass is 391 g/mol. The Balaban J connectivity index is 1.74. The van der Waals surface area contributed by atoms with Crippen molar-refractivity contribution in [3.8, 4) is 0 Å². The molecule has 1 aliphatic rings. The summed E-state index contributed by atoms with van der Waals surface area (Å²) in [6.45, 7) is 6.65. The van der Waals surface area contributed by atoms with Crippen LogP contribution in [0.5, 0.6) is 0 Å². The maximum Gasteiger partial charge on any atom is 0.265 e. The van der Waals surface area contributed by atoms with E-state index in [1.54, 1.807) is 12.1 Å². The molecular weight excluding hydrogens is 370 g/mol. The van der Waals surface area contributed by atoms with Crippen LogP contribution in [0.3, 0.4) is 0 Å². The predicted octanol–water partition coefficient (Wildman–Crippen LogP) is 3.96. The van der Waals surface area contributed by atoms with Crippen LogP contribution in [0.1, 0.15) is 23.5 Å². The highest BCUT2D eigenvalue weighted by molar-refractivity contribution is 7.12. The molecule has 2 aromatic rings. The van der Waals surface area contributed by atoms with Crippen LogP contribution >= 0.6 is 22.9 Å². The molecule has 0 saturated carbocycles. The summed E-state index contributed by atoms with van der Waals surface area (Å²) >= 11 is 7.54. The second-order valence-corrected chi connectivity index (χ2v) is 7.94. The zero-order valence-electron chi connectivity index (χ0n) is 14.9. The van der Waals surface area contributed by atoms with Gasteiger partial charge in [-0.1, -0.05) is 31.5 Å². The second-order valence-electron chi connectivity index (χ2n) is 6.56. The minimum absolute atomic E-state index is 0.0118. The fourth-order valence-electron chi connectivity index (χ4n) is 3.01. The van der Waals surface area contributed by atoms with Crippen LogP contribution in [0.15, 0.2) is 35.7 Å². The molecule has 5 nitrogen and oxygen atoms in total. The van der Waals surface area contributed by atoms with E-state index in [0.29, 0.717) is 28.7 Å². The molecule has 1 N–H and O–H groups in total. The van der Waals surface area contributed by atoms with Gasteiger partial charge in [-0.15, -0.1) is 11.3 Å². The van der Waals surface area contributed by atoms with Gasteiger partial charge in [-0.2, -0.15) is 0 Å². The summed E-state index contributed by atoms with van der Waals surface area (Å²) in [4.78, 5) is 29.3. The number of carbonyl (C=O) groups is 2. The van der Waals surface area contributed by atoms with Crippen molar-refractivity contribution >= 4 is 46.1 Å². The minimum atomic E-state index is -0.142. The molecule has 0 spiro atoms. The first kappa shape index (κ1) is 18.7. The number of hydrogen-bond acceptors (Lipinski definition) is 4. The highest BCUT2D eigenvalue weighted by atomic mass is 35.5. The number of carbonyl (C=O) groups excluding carboxylic acids is 2. The summed E-state index contributed by atoms with van der Waals surface area (Å²) in [5.74, 6) is 0.0573. The largest absolute Gasteiger partial charge is 0.366 e. The van der Waals surface area contributed by atoms with Crippen molar-refractivity contribution in [2.45, 2.75) is 13.8 Å². The molecule has 2 amide bonds. The average Bonchev–Trinajstić information content (AvgIpc) is 3.16. The lowest BCUT2D eigenvalue weighted by Gasteiger charge is -2.37. The summed E-state index contributed by atoms with van der Waals surface area (Å²) in [6.07, 6.45) is 0. The highest BCUT2D eigenvalue weighted by Crippen LogP contribution is 2.31. The Kier molecular flexibility index (Phi) is 5.84. The van der Waals surface area contributed by atoms with E-state index in [9.17, 15) is 9.59 Å². The smallest absolute Gasteiger partial charge is 0.265 e. The first-order chi connectivity index (χ1) is 12.5. The highest BCUT2D eigenvalue weighted by Gasteiger charge is 2.24. The van der Waals surface area contributed by atoms with Crippen LogP contribution < -0.4 is 10.2 Å². The Hall–Kier alpha value is -2.05. The summed E-state index contributed by atoms with van der Waals surface area (Å²) in [6, 6.07) is 9.16. The molecular formula is C19H22ClN3O2S.